The summed E-state index contributed by atoms with van der Waals surface area (Å²) >= 11 is 0. The quantitative estimate of drug-likeness (QED) is 0.0493. The van der Waals surface area contributed by atoms with Crippen LogP contribution in [0.4, 0.5) is 10.5 Å². The number of aromatic hydroxyl groups is 1. The molecule has 0 spiro atoms. The molecule has 14 heteroatoms. The van der Waals surface area contributed by atoms with Crippen LogP contribution in [0.2, 0.25) is 0 Å². The van der Waals surface area contributed by atoms with Gasteiger partial charge in [-0.15, -0.1) is 0 Å². The molecular weight excluding hydrogens is 686 g/mol. The summed E-state index contributed by atoms with van der Waals surface area (Å²) in [7, 11) is 0. The first kappa shape index (κ1) is 46.4. The molecule has 2 unspecified atom stereocenters. The molecule has 2 atom stereocenters. The van der Waals surface area contributed by atoms with Crippen molar-refractivity contribution in [2.45, 2.75) is 78.8 Å². The highest BCUT2D eigenvalue weighted by atomic mass is 16.3. The standard InChI is InChI=1S/C36H49N9O5.2C2H6/c1-2-31(47)40-22-23-42-36(50)45-35(38)41-20-6-10-30(33(48)43-24-25-11-17-29(46)18-12-25)44-34(49)32(26-8-4-3-5-9-26)27-13-15-28(16-14-27)39-21-7-19-37;2*1-2/h3-5,8-9,11-18,30,32,39,46H,2,6-7,10,19-24,37H2,1H3,(H,40,47)(H,43,48)(H,44,49)(H4,38,41,42,45,50);2*1-2H3. The Kier molecular flexibility index (Phi) is 24.0. The third-order valence-electron chi connectivity index (χ3n) is 7.61. The van der Waals surface area contributed by atoms with E-state index in [1.54, 1.807) is 19.1 Å². The van der Waals surface area contributed by atoms with Crippen molar-refractivity contribution in [3.05, 3.63) is 95.6 Å². The van der Waals surface area contributed by atoms with Crippen LogP contribution in [0.3, 0.4) is 0 Å². The number of nitrogens with one attached hydrogen (secondary N) is 6. The molecule has 0 bridgehead atoms. The second-order valence-electron chi connectivity index (χ2n) is 11.5. The number of nitrogens with two attached hydrogens (primary N) is 2. The number of phenols is 1. The van der Waals surface area contributed by atoms with Gasteiger partial charge in [0.1, 0.15) is 11.8 Å². The number of phenolic OH excluding ortho intramolecular Hbond substituents is 1. The summed E-state index contributed by atoms with van der Waals surface area (Å²) in [5.74, 6) is -1.53. The Morgan fingerprint density at radius 2 is 1.39 bits per heavy atom. The number of benzene rings is 3. The van der Waals surface area contributed by atoms with Gasteiger partial charge in [-0.2, -0.15) is 0 Å². The topological polar surface area (TPSA) is 225 Å². The Labute approximate surface area is 320 Å². The van der Waals surface area contributed by atoms with E-state index in [-0.39, 0.29) is 62.0 Å². The van der Waals surface area contributed by atoms with E-state index in [9.17, 15) is 24.3 Å². The highest BCUT2D eigenvalue weighted by Gasteiger charge is 2.28. The lowest BCUT2D eigenvalue weighted by molar-refractivity contribution is -0.129. The molecule has 0 fully saturated rings. The molecule has 3 aromatic rings. The van der Waals surface area contributed by atoms with Crippen molar-refractivity contribution >= 4 is 35.4 Å². The first-order chi connectivity index (χ1) is 26.2. The van der Waals surface area contributed by atoms with E-state index in [2.05, 4.69) is 36.9 Å². The number of carbonyl (C=O) groups is 4. The van der Waals surface area contributed by atoms with E-state index in [1.165, 1.54) is 12.1 Å². The van der Waals surface area contributed by atoms with Crippen LogP contribution < -0.4 is 43.4 Å². The average molecular weight is 748 g/mol. The summed E-state index contributed by atoms with van der Waals surface area (Å²) in [5.41, 5.74) is 14.7. The summed E-state index contributed by atoms with van der Waals surface area (Å²) in [6, 6.07) is 22.0. The Bertz CT molecular complexity index is 1540. The maximum Gasteiger partial charge on any atom is 0.321 e. The van der Waals surface area contributed by atoms with Gasteiger partial charge >= 0.3 is 6.03 Å². The molecule has 5 amide bonds. The highest BCUT2D eigenvalue weighted by Crippen LogP contribution is 2.27. The van der Waals surface area contributed by atoms with Gasteiger partial charge < -0.3 is 43.2 Å². The van der Waals surface area contributed by atoms with Crippen molar-refractivity contribution in [2.24, 2.45) is 16.5 Å². The molecule has 0 radical (unpaired) electrons. The van der Waals surface area contributed by atoms with E-state index in [0.29, 0.717) is 19.4 Å². The largest absolute Gasteiger partial charge is 0.508 e. The maximum atomic E-state index is 14.0. The number of rotatable bonds is 19. The fourth-order valence-electron chi connectivity index (χ4n) is 4.92. The van der Waals surface area contributed by atoms with Crippen LogP contribution in [0.5, 0.6) is 5.75 Å². The van der Waals surface area contributed by atoms with Crippen LogP contribution in [0.25, 0.3) is 0 Å². The molecule has 0 aliphatic rings. The Hall–Kier alpha value is -5.63. The zero-order valence-corrected chi connectivity index (χ0v) is 32.4. The third-order valence-corrected chi connectivity index (χ3v) is 7.61. The number of anilines is 1. The zero-order valence-electron chi connectivity index (χ0n) is 32.4. The lowest BCUT2D eigenvalue weighted by Gasteiger charge is -2.23. The maximum absolute atomic E-state index is 14.0. The minimum Gasteiger partial charge on any atom is -0.508 e. The number of carbonyl (C=O) groups excluding carboxylic acids is 4. The highest BCUT2D eigenvalue weighted by molar-refractivity contribution is 5.95. The summed E-state index contributed by atoms with van der Waals surface area (Å²) in [5, 5.41) is 26.4. The van der Waals surface area contributed by atoms with Gasteiger partial charge in [-0.25, -0.2) is 4.79 Å². The van der Waals surface area contributed by atoms with Gasteiger partial charge in [0.05, 0.1) is 5.92 Å². The zero-order chi connectivity index (χ0) is 40.1. The van der Waals surface area contributed by atoms with E-state index < -0.39 is 18.0 Å². The minimum atomic E-state index is -0.908. The SMILES string of the molecule is CC.CC.CCC(=O)NCCNC(=O)NC(N)=NCCCC(NC(=O)C(c1ccccc1)c1ccc(NCCCN)cc1)C(=O)NCc1ccc(O)cc1. The van der Waals surface area contributed by atoms with Crippen molar-refractivity contribution < 1.29 is 24.3 Å². The number of urea groups is 1. The van der Waals surface area contributed by atoms with E-state index in [1.807, 2.05) is 82.3 Å². The number of guanidine groups is 1. The minimum absolute atomic E-state index is 0.109. The number of amides is 5. The number of aliphatic imine (C=N–C) groups is 1. The fraction of sp³-hybridized carbons (Fsp3) is 0.425. The summed E-state index contributed by atoms with van der Waals surface area (Å²) in [6.07, 6.45) is 1.78. The molecule has 0 saturated heterocycles. The molecule has 0 aromatic heterocycles. The van der Waals surface area contributed by atoms with Gasteiger partial charge in [-0.3, -0.25) is 24.7 Å². The van der Waals surface area contributed by atoms with Crippen molar-refractivity contribution in [2.75, 3.05) is 38.0 Å². The summed E-state index contributed by atoms with van der Waals surface area (Å²) in [6.45, 7) is 11.9. The van der Waals surface area contributed by atoms with Crippen molar-refractivity contribution in [3.63, 3.8) is 0 Å². The van der Waals surface area contributed by atoms with E-state index >= 15 is 0 Å². The lowest BCUT2D eigenvalue weighted by atomic mass is 9.90. The number of hydrogen-bond acceptors (Lipinski definition) is 8. The number of hydrogen-bond donors (Lipinski definition) is 9. The van der Waals surface area contributed by atoms with E-state index in [0.717, 1.165) is 35.3 Å². The van der Waals surface area contributed by atoms with E-state index in [4.69, 9.17) is 11.5 Å². The second kappa shape index (κ2) is 27.9. The Balaban J connectivity index is 0.00000352. The smallest absolute Gasteiger partial charge is 0.321 e. The van der Waals surface area contributed by atoms with Crippen LogP contribution in [-0.4, -0.2) is 73.6 Å². The first-order valence-electron chi connectivity index (χ1n) is 18.8. The molecule has 3 rings (SSSR count). The molecule has 3 aromatic carbocycles. The molecule has 0 saturated carbocycles. The molecule has 54 heavy (non-hydrogen) atoms. The molecule has 0 aliphatic carbocycles. The van der Waals surface area contributed by atoms with Gasteiger partial charge in [-0.1, -0.05) is 89.2 Å². The first-order valence-corrected chi connectivity index (χ1v) is 18.8. The lowest BCUT2D eigenvalue weighted by Crippen LogP contribution is -2.48. The third kappa shape index (κ3) is 18.2. The fourth-order valence-corrected chi connectivity index (χ4v) is 4.92. The Morgan fingerprint density at radius 1 is 0.759 bits per heavy atom. The van der Waals surface area contributed by atoms with Gasteiger partial charge in [0.15, 0.2) is 5.96 Å². The van der Waals surface area contributed by atoms with Crippen molar-refractivity contribution in [1.29, 1.82) is 0 Å². The van der Waals surface area contributed by atoms with Crippen molar-refractivity contribution in [3.8, 4) is 5.75 Å². The summed E-state index contributed by atoms with van der Waals surface area (Å²) < 4.78 is 0. The van der Waals surface area contributed by atoms with Crippen LogP contribution in [0.15, 0.2) is 83.9 Å². The van der Waals surface area contributed by atoms with Crippen LogP contribution >= 0.6 is 0 Å². The van der Waals surface area contributed by atoms with Crippen LogP contribution in [0, 0.1) is 0 Å². The summed E-state index contributed by atoms with van der Waals surface area (Å²) in [4.78, 5) is 55.1. The molecule has 0 aliphatic heterocycles. The monoisotopic (exact) mass is 747 g/mol. The molecule has 11 N–H and O–H groups in total. The molecule has 296 valence electrons. The van der Waals surface area contributed by atoms with Gasteiger partial charge in [0.25, 0.3) is 0 Å². The number of nitrogens with zero attached hydrogens (tertiary/aromatic N) is 1. The normalized spacial score (nSPS) is 11.6. The van der Waals surface area contributed by atoms with Gasteiger partial charge in [0, 0.05) is 44.8 Å². The average Bonchev–Trinajstić information content (AvgIpc) is 3.20. The van der Waals surface area contributed by atoms with Gasteiger partial charge in [0.2, 0.25) is 17.7 Å². The van der Waals surface area contributed by atoms with Crippen LogP contribution in [-0.2, 0) is 20.9 Å². The Morgan fingerprint density at radius 3 is 2.02 bits per heavy atom. The van der Waals surface area contributed by atoms with Gasteiger partial charge in [-0.05, 0) is 66.8 Å². The second-order valence-corrected chi connectivity index (χ2v) is 11.5. The molecule has 14 nitrogen and oxygen atoms in total. The molecule has 0 heterocycles. The molecular formula is C40H61N9O5. The van der Waals surface area contributed by atoms with Crippen molar-refractivity contribution in [1.82, 2.24) is 26.6 Å². The predicted octanol–water partition coefficient (Wildman–Crippen LogP) is 4.06. The predicted molar refractivity (Wildman–Crippen MR) is 217 cm³/mol. The van der Waals surface area contributed by atoms with Crippen LogP contribution in [0.1, 0.15) is 82.9 Å².